The van der Waals surface area contributed by atoms with E-state index in [-0.39, 0.29) is 6.04 Å². The molecule has 0 aliphatic carbocycles. The van der Waals surface area contributed by atoms with E-state index in [4.69, 9.17) is 10.3 Å². The molecule has 1 atom stereocenters. The first-order valence-corrected chi connectivity index (χ1v) is 4.76. The Bertz CT molecular complexity index is 408. The van der Waals surface area contributed by atoms with Gasteiger partial charge in [-0.3, -0.25) is 5.10 Å². The SMILES string of the molecule is CCCC(N)c1nc(-c2ncn[nH]2)no1. The molecule has 1 unspecified atom stereocenters. The lowest BCUT2D eigenvalue weighted by Gasteiger charge is -2.01. The molecule has 7 nitrogen and oxygen atoms in total. The highest BCUT2D eigenvalue weighted by Crippen LogP contribution is 2.16. The van der Waals surface area contributed by atoms with E-state index < -0.39 is 0 Å². The van der Waals surface area contributed by atoms with Crippen molar-refractivity contribution in [2.75, 3.05) is 0 Å². The van der Waals surface area contributed by atoms with E-state index in [1.807, 2.05) is 6.92 Å². The Labute approximate surface area is 86.1 Å². The fourth-order valence-electron chi connectivity index (χ4n) is 1.23. The summed E-state index contributed by atoms with van der Waals surface area (Å²) < 4.78 is 5.03. The van der Waals surface area contributed by atoms with Crippen LogP contribution in [0, 0.1) is 0 Å². The van der Waals surface area contributed by atoms with Gasteiger partial charge >= 0.3 is 0 Å². The smallest absolute Gasteiger partial charge is 0.243 e. The monoisotopic (exact) mass is 208 g/mol. The van der Waals surface area contributed by atoms with E-state index in [1.165, 1.54) is 6.33 Å². The van der Waals surface area contributed by atoms with Crippen LogP contribution in [0.4, 0.5) is 0 Å². The predicted octanol–water partition coefficient (Wildman–Crippen LogP) is 0.655. The summed E-state index contributed by atoms with van der Waals surface area (Å²) in [6, 6.07) is -0.209. The number of nitrogens with one attached hydrogen (secondary N) is 1. The molecule has 0 bridgehead atoms. The maximum atomic E-state index is 5.83. The molecule has 0 aromatic carbocycles. The third-order valence-corrected chi connectivity index (χ3v) is 1.99. The van der Waals surface area contributed by atoms with E-state index in [0.717, 1.165) is 12.8 Å². The summed E-state index contributed by atoms with van der Waals surface area (Å²) in [4.78, 5) is 8.05. The molecule has 0 aliphatic rings. The molecular weight excluding hydrogens is 196 g/mol. The summed E-state index contributed by atoms with van der Waals surface area (Å²) in [5, 5.41) is 10.1. The number of nitrogens with zero attached hydrogens (tertiary/aromatic N) is 4. The summed E-state index contributed by atoms with van der Waals surface area (Å²) in [5.74, 6) is 1.30. The van der Waals surface area contributed by atoms with Gasteiger partial charge in [-0.25, -0.2) is 4.98 Å². The van der Waals surface area contributed by atoms with Crippen molar-refractivity contribution in [1.82, 2.24) is 25.3 Å². The zero-order valence-electron chi connectivity index (χ0n) is 8.34. The first-order chi connectivity index (χ1) is 7.31. The van der Waals surface area contributed by atoms with Crippen LogP contribution in [-0.2, 0) is 0 Å². The van der Waals surface area contributed by atoms with Crippen LogP contribution in [0.25, 0.3) is 11.6 Å². The van der Waals surface area contributed by atoms with Crippen molar-refractivity contribution in [3.63, 3.8) is 0 Å². The van der Waals surface area contributed by atoms with Gasteiger partial charge in [0.2, 0.25) is 11.7 Å². The Kier molecular flexibility index (Phi) is 2.72. The zero-order chi connectivity index (χ0) is 10.7. The van der Waals surface area contributed by atoms with Gasteiger partial charge in [0.05, 0.1) is 6.04 Å². The van der Waals surface area contributed by atoms with Crippen LogP contribution in [0.15, 0.2) is 10.9 Å². The molecule has 2 rings (SSSR count). The predicted molar refractivity (Wildman–Crippen MR) is 51.5 cm³/mol. The van der Waals surface area contributed by atoms with Crippen LogP contribution in [0.2, 0.25) is 0 Å². The Balaban J connectivity index is 2.17. The normalized spacial score (nSPS) is 12.9. The minimum Gasteiger partial charge on any atom is -0.337 e. The second-order valence-corrected chi connectivity index (χ2v) is 3.19. The first-order valence-electron chi connectivity index (χ1n) is 4.76. The number of hydrogen-bond acceptors (Lipinski definition) is 6. The molecule has 0 aliphatic heterocycles. The van der Waals surface area contributed by atoms with Crippen LogP contribution in [0.5, 0.6) is 0 Å². The molecule has 0 spiro atoms. The third kappa shape index (κ3) is 2.01. The van der Waals surface area contributed by atoms with Crippen molar-refractivity contribution in [1.29, 1.82) is 0 Å². The Hall–Kier alpha value is -1.76. The quantitative estimate of drug-likeness (QED) is 0.764. The van der Waals surface area contributed by atoms with Crippen molar-refractivity contribution < 1.29 is 4.52 Å². The molecule has 0 fully saturated rings. The largest absolute Gasteiger partial charge is 0.337 e. The average Bonchev–Trinajstić information content (AvgIpc) is 2.89. The molecule has 2 heterocycles. The highest BCUT2D eigenvalue weighted by Gasteiger charge is 2.15. The van der Waals surface area contributed by atoms with Gasteiger partial charge in [-0.15, -0.1) is 0 Å². The fraction of sp³-hybridized carbons (Fsp3) is 0.500. The highest BCUT2D eigenvalue weighted by molar-refractivity contribution is 5.39. The maximum absolute atomic E-state index is 5.83. The number of aromatic nitrogens is 5. The molecule has 3 N–H and O–H groups in total. The Morgan fingerprint density at radius 2 is 2.47 bits per heavy atom. The van der Waals surface area contributed by atoms with Crippen LogP contribution in [0.1, 0.15) is 31.7 Å². The minimum atomic E-state index is -0.209. The minimum absolute atomic E-state index is 0.209. The van der Waals surface area contributed by atoms with Gasteiger partial charge in [-0.05, 0) is 6.42 Å². The first kappa shape index (κ1) is 9.78. The summed E-state index contributed by atoms with van der Waals surface area (Å²) in [7, 11) is 0. The van der Waals surface area contributed by atoms with Crippen molar-refractivity contribution >= 4 is 0 Å². The summed E-state index contributed by atoms with van der Waals surface area (Å²) in [6.07, 6.45) is 3.18. The van der Waals surface area contributed by atoms with Gasteiger partial charge in [-0.1, -0.05) is 18.5 Å². The molecule has 7 heteroatoms. The van der Waals surface area contributed by atoms with Crippen LogP contribution in [-0.4, -0.2) is 25.3 Å². The standard InChI is InChI=1S/C8H12N6O/c1-2-3-5(9)8-12-7(14-15-8)6-10-4-11-13-6/h4-5H,2-3,9H2,1H3,(H,10,11,13). The van der Waals surface area contributed by atoms with Gasteiger partial charge < -0.3 is 10.3 Å². The Morgan fingerprint density at radius 3 is 3.13 bits per heavy atom. The molecule has 80 valence electrons. The molecular formula is C8H12N6O. The van der Waals surface area contributed by atoms with Gasteiger partial charge in [0.25, 0.3) is 0 Å². The van der Waals surface area contributed by atoms with Gasteiger partial charge in [0.15, 0.2) is 5.82 Å². The lowest BCUT2D eigenvalue weighted by Crippen LogP contribution is -2.09. The number of rotatable bonds is 4. The summed E-state index contributed by atoms with van der Waals surface area (Å²) in [6.45, 7) is 2.05. The average molecular weight is 208 g/mol. The van der Waals surface area contributed by atoms with E-state index >= 15 is 0 Å². The van der Waals surface area contributed by atoms with E-state index in [0.29, 0.717) is 17.5 Å². The second kappa shape index (κ2) is 4.18. The highest BCUT2D eigenvalue weighted by atomic mass is 16.5. The van der Waals surface area contributed by atoms with Crippen molar-refractivity contribution in [2.45, 2.75) is 25.8 Å². The number of aromatic amines is 1. The zero-order valence-corrected chi connectivity index (χ0v) is 8.34. The van der Waals surface area contributed by atoms with Crippen LogP contribution >= 0.6 is 0 Å². The molecule has 15 heavy (non-hydrogen) atoms. The topological polar surface area (TPSA) is 107 Å². The van der Waals surface area contributed by atoms with Crippen molar-refractivity contribution in [3.05, 3.63) is 12.2 Å². The van der Waals surface area contributed by atoms with Crippen molar-refractivity contribution in [3.8, 4) is 11.6 Å². The van der Waals surface area contributed by atoms with E-state index in [1.54, 1.807) is 0 Å². The van der Waals surface area contributed by atoms with Gasteiger partial charge in [0.1, 0.15) is 6.33 Å². The molecule has 2 aromatic heterocycles. The molecule has 2 aromatic rings. The molecule has 0 amide bonds. The lowest BCUT2D eigenvalue weighted by atomic mass is 10.2. The fourth-order valence-corrected chi connectivity index (χ4v) is 1.23. The Morgan fingerprint density at radius 1 is 1.60 bits per heavy atom. The van der Waals surface area contributed by atoms with Crippen LogP contribution < -0.4 is 5.73 Å². The number of hydrogen-bond donors (Lipinski definition) is 2. The lowest BCUT2D eigenvalue weighted by molar-refractivity contribution is 0.348. The van der Waals surface area contributed by atoms with E-state index in [9.17, 15) is 0 Å². The summed E-state index contributed by atoms with van der Waals surface area (Å²) >= 11 is 0. The van der Waals surface area contributed by atoms with Gasteiger partial charge in [-0.2, -0.15) is 10.1 Å². The maximum Gasteiger partial charge on any atom is 0.243 e. The van der Waals surface area contributed by atoms with Gasteiger partial charge in [0, 0.05) is 0 Å². The third-order valence-electron chi connectivity index (χ3n) is 1.99. The number of nitrogens with two attached hydrogens (primary N) is 1. The number of H-pyrrole nitrogens is 1. The summed E-state index contributed by atoms with van der Waals surface area (Å²) in [5.41, 5.74) is 5.83. The molecule has 0 radical (unpaired) electrons. The second-order valence-electron chi connectivity index (χ2n) is 3.19. The van der Waals surface area contributed by atoms with Crippen LogP contribution in [0.3, 0.4) is 0 Å². The van der Waals surface area contributed by atoms with Crippen molar-refractivity contribution in [2.24, 2.45) is 5.73 Å². The van der Waals surface area contributed by atoms with E-state index in [2.05, 4.69) is 25.3 Å². The molecule has 0 saturated carbocycles. The molecule has 0 saturated heterocycles.